The van der Waals surface area contributed by atoms with Crippen LogP contribution in [0.1, 0.15) is 32.9 Å². The molecule has 0 aliphatic carbocycles. The third-order valence-corrected chi connectivity index (χ3v) is 4.96. The molecule has 0 atom stereocenters. The van der Waals surface area contributed by atoms with E-state index in [1.54, 1.807) is 12.1 Å². The van der Waals surface area contributed by atoms with Gasteiger partial charge in [0.05, 0.1) is 17.8 Å². The van der Waals surface area contributed by atoms with E-state index in [4.69, 9.17) is 11.6 Å². The maximum absolute atomic E-state index is 12.9. The summed E-state index contributed by atoms with van der Waals surface area (Å²) in [5.74, 6) is -0.201. The number of fused-ring (bicyclic) bond motifs is 1. The van der Waals surface area contributed by atoms with Crippen LogP contribution in [0, 0.1) is 6.92 Å². The summed E-state index contributed by atoms with van der Waals surface area (Å²) in [6, 6.07) is 17.1. The van der Waals surface area contributed by atoms with Crippen molar-refractivity contribution in [3.8, 4) is 0 Å². The van der Waals surface area contributed by atoms with Crippen molar-refractivity contribution < 1.29 is 4.79 Å². The minimum atomic E-state index is -0.201. The first kappa shape index (κ1) is 18.5. The van der Waals surface area contributed by atoms with E-state index in [2.05, 4.69) is 20.9 Å². The van der Waals surface area contributed by atoms with Gasteiger partial charge in [-0.3, -0.25) is 9.78 Å². The van der Waals surface area contributed by atoms with Gasteiger partial charge in [0.1, 0.15) is 0 Å². The Morgan fingerprint density at radius 2 is 1.96 bits per heavy atom. The fourth-order valence-electron chi connectivity index (χ4n) is 3.31. The quantitative estimate of drug-likeness (QED) is 0.597. The zero-order valence-corrected chi connectivity index (χ0v) is 16.3. The highest BCUT2D eigenvalue weighted by Gasteiger charge is 2.15. The SMILES string of the molecule is Cc1cccc(CNc2ccc(Cl)cc2C(=O)Nc2ccc3c(c2)CNC3)n1. The second-order valence-corrected chi connectivity index (χ2v) is 7.29. The van der Waals surface area contributed by atoms with Crippen LogP contribution in [0.2, 0.25) is 5.02 Å². The van der Waals surface area contributed by atoms with Crippen LogP contribution in [0.5, 0.6) is 0 Å². The van der Waals surface area contributed by atoms with Gasteiger partial charge in [0.15, 0.2) is 0 Å². The summed E-state index contributed by atoms with van der Waals surface area (Å²) < 4.78 is 0. The fraction of sp³-hybridized carbons (Fsp3) is 0.182. The Bertz CT molecular complexity index is 1030. The molecule has 0 bridgehead atoms. The molecular formula is C22H21ClN4O. The Morgan fingerprint density at radius 3 is 2.82 bits per heavy atom. The van der Waals surface area contributed by atoms with Crippen LogP contribution in [0.15, 0.2) is 54.6 Å². The number of benzene rings is 2. The predicted molar refractivity (Wildman–Crippen MR) is 113 cm³/mol. The summed E-state index contributed by atoms with van der Waals surface area (Å²) in [5, 5.41) is 10.1. The molecule has 0 spiro atoms. The van der Waals surface area contributed by atoms with Gasteiger partial charge in [-0.1, -0.05) is 23.7 Å². The zero-order chi connectivity index (χ0) is 19.5. The number of carbonyl (C=O) groups is 1. The zero-order valence-electron chi connectivity index (χ0n) is 15.6. The molecular weight excluding hydrogens is 372 g/mol. The summed E-state index contributed by atoms with van der Waals surface area (Å²) >= 11 is 6.15. The molecule has 5 nitrogen and oxygen atoms in total. The molecule has 0 saturated heterocycles. The molecule has 1 aliphatic heterocycles. The Labute approximate surface area is 169 Å². The number of amides is 1. The first-order chi connectivity index (χ1) is 13.6. The van der Waals surface area contributed by atoms with Crippen LogP contribution in [0.25, 0.3) is 0 Å². The molecule has 142 valence electrons. The number of aromatic nitrogens is 1. The molecule has 1 aromatic heterocycles. The summed E-state index contributed by atoms with van der Waals surface area (Å²) in [6.45, 7) is 4.18. The number of hydrogen-bond acceptors (Lipinski definition) is 4. The molecule has 0 unspecified atom stereocenters. The number of anilines is 2. The van der Waals surface area contributed by atoms with Crippen LogP contribution in [-0.4, -0.2) is 10.9 Å². The molecule has 2 aromatic carbocycles. The maximum atomic E-state index is 12.9. The number of hydrogen-bond donors (Lipinski definition) is 3. The highest BCUT2D eigenvalue weighted by atomic mass is 35.5. The molecule has 1 aliphatic rings. The summed E-state index contributed by atoms with van der Waals surface area (Å²) in [7, 11) is 0. The normalized spacial score (nSPS) is 12.5. The lowest BCUT2D eigenvalue weighted by atomic mass is 10.1. The highest BCUT2D eigenvalue weighted by molar-refractivity contribution is 6.31. The van der Waals surface area contributed by atoms with E-state index in [9.17, 15) is 4.79 Å². The minimum absolute atomic E-state index is 0.201. The Balaban J connectivity index is 1.53. The molecule has 3 aromatic rings. The van der Waals surface area contributed by atoms with Crippen LogP contribution in [0.4, 0.5) is 11.4 Å². The molecule has 0 radical (unpaired) electrons. The maximum Gasteiger partial charge on any atom is 0.257 e. The lowest BCUT2D eigenvalue weighted by Crippen LogP contribution is -2.15. The summed E-state index contributed by atoms with van der Waals surface area (Å²) in [4.78, 5) is 17.4. The van der Waals surface area contributed by atoms with Gasteiger partial charge in [-0.2, -0.15) is 0 Å². The molecule has 4 rings (SSSR count). The highest BCUT2D eigenvalue weighted by Crippen LogP contribution is 2.24. The number of rotatable bonds is 5. The minimum Gasteiger partial charge on any atom is -0.379 e. The number of pyridine rings is 1. The molecule has 0 saturated carbocycles. The third-order valence-electron chi connectivity index (χ3n) is 4.73. The third kappa shape index (κ3) is 4.16. The van der Waals surface area contributed by atoms with E-state index >= 15 is 0 Å². The van der Waals surface area contributed by atoms with E-state index in [1.165, 1.54) is 11.1 Å². The predicted octanol–water partition coefficient (Wildman–Crippen LogP) is 4.51. The smallest absolute Gasteiger partial charge is 0.257 e. The Hall–Kier alpha value is -2.89. The van der Waals surface area contributed by atoms with Crippen molar-refractivity contribution in [2.24, 2.45) is 0 Å². The van der Waals surface area contributed by atoms with Gasteiger partial charge in [0.25, 0.3) is 5.91 Å². The van der Waals surface area contributed by atoms with Crippen molar-refractivity contribution >= 4 is 28.9 Å². The average Bonchev–Trinajstić information content (AvgIpc) is 3.15. The average molecular weight is 393 g/mol. The van der Waals surface area contributed by atoms with E-state index in [0.717, 1.165) is 30.2 Å². The number of aryl methyl sites for hydroxylation is 1. The van der Waals surface area contributed by atoms with E-state index in [0.29, 0.717) is 22.8 Å². The van der Waals surface area contributed by atoms with Crippen molar-refractivity contribution in [1.29, 1.82) is 0 Å². The summed E-state index contributed by atoms with van der Waals surface area (Å²) in [5.41, 5.74) is 6.35. The van der Waals surface area contributed by atoms with Gasteiger partial charge in [0.2, 0.25) is 0 Å². The van der Waals surface area contributed by atoms with Crippen molar-refractivity contribution in [1.82, 2.24) is 10.3 Å². The molecule has 1 amide bonds. The molecule has 6 heteroatoms. The first-order valence-electron chi connectivity index (χ1n) is 9.18. The van der Waals surface area contributed by atoms with E-state index < -0.39 is 0 Å². The van der Waals surface area contributed by atoms with Crippen LogP contribution >= 0.6 is 11.6 Å². The molecule has 2 heterocycles. The number of halogens is 1. The van der Waals surface area contributed by atoms with Gasteiger partial charge < -0.3 is 16.0 Å². The van der Waals surface area contributed by atoms with Crippen molar-refractivity contribution in [3.63, 3.8) is 0 Å². The van der Waals surface area contributed by atoms with E-state index in [-0.39, 0.29) is 5.91 Å². The van der Waals surface area contributed by atoms with Crippen molar-refractivity contribution in [2.75, 3.05) is 10.6 Å². The van der Waals surface area contributed by atoms with Gasteiger partial charge in [-0.25, -0.2) is 0 Å². The Morgan fingerprint density at radius 1 is 1.11 bits per heavy atom. The standard InChI is InChI=1S/C22H21ClN4O/c1-14-3-2-4-19(26-14)13-25-21-8-6-17(23)10-20(21)22(28)27-18-7-5-15-11-24-12-16(15)9-18/h2-10,24-25H,11-13H2,1H3,(H,27,28). The number of carbonyl (C=O) groups excluding carboxylic acids is 1. The molecule has 0 fully saturated rings. The second-order valence-electron chi connectivity index (χ2n) is 6.85. The summed E-state index contributed by atoms with van der Waals surface area (Å²) in [6.07, 6.45) is 0. The lowest BCUT2D eigenvalue weighted by molar-refractivity contribution is 0.102. The van der Waals surface area contributed by atoms with Gasteiger partial charge in [0, 0.05) is 35.2 Å². The van der Waals surface area contributed by atoms with Crippen LogP contribution in [-0.2, 0) is 19.6 Å². The topological polar surface area (TPSA) is 66.1 Å². The van der Waals surface area contributed by atoms with Crippen molar-refractivity contribution in [3.05, 3.63) is 87.7 Å². The van der Waals surface area contributed by atoms with Crippen molar-refractivity contribution in [2.45, 2.75) is 26.6 Å². The molecule has 28 heavy (non-hydrogen) atoms. The van der Waals surface area contributed by atoms with E-state index in [1.807, 2.05) is 49.4 Å². The van der Waals surface area contributed by atoms with Crippen LogP contribution < -0.4 is 16.0 Å². The van der Waals surface area contributed by atoms with Gasteiger partial charge in [-0.15, -0.1) is 0 Å². The molecule has 3 N–H and O–H groups in total. The fourth-order valence-corrected chi connectivity index (χ4v) is 3.49. The number of nitrogens with zero attached hydrogens (tertiary/aromatic N) is 1. The van der Waals surface area contributed by atoms with Gasteiger partial charge in [-0.05, 0) is 60.5 Å². The Kier molecular flexibility index (Phi) is 5.28. The second kappa shape index (κ2) is 8.00. The largest absolute Gasteiger partial charge is 0.379 e. The lowest BCUT2D eigenvalue weighted by Gasteiger charge is -2.13. The van der Waals surface area contributed by atoms with Gasteiger partial charge >= 0.3 is 0 Å². The monoisotopic (exact) mass is 392 g/mol. The number of nitrogens with one attached hydrogen (secondary N) is 3. The first-order valence-corrected chi connectivity index (χ1v) is 9.56. The van der Waals surface area contributed by atoms with Crippen LogP contribution in [0.3, 0.4) is 0 Å².